The van der Waals surface area contributed by atoms with E-state index in [0.29, 0.717) is 11.3 Å². The van der Waals surface area contributed by atoms with Crippen molar-refractivity contribution >= 4 is 17.7 Å². The van der Waals surface area contributed by atoms with Crippen LogP contribution < -0.4 is 0 Å². The van der Waals surface area contributed by atoms with Gasteiger partial charge in [0.25, 0.3) is 0 Å². The van der Waals surface area contributed by atoms with Gasteiger partial charge in [-0.2, -0.15) is 0 Å². The Balaban J connectivity index is 1.72. The molecular formula is C24H30O3S. The van der Waals surface area contributed by atoms with Crippen molar-refractivity contribution in [2.75, 3.05) is 12.9 Å². The SMILES string of the molecule is COC(=O)c1ccc(C(O)CSc2ccc3c(c2)C(C)(C)CCC3(C)C)cc1. The normalized spacial score (nSPS) is 18.2. The molecule has 2 aromatic rings. The lowest BCUT2D eigenvalue weighted by atomic mass is 9.63. The van der Waals surface area contributed by atoms with Crippen LogP contribution in [0.1, 0.15) is 73.7 Å². The van der Waals surface area contributed by atoms with Crippen molar-refractivity contribution in [2.45, 2.75) is 62.4 Å². The summed E-state index contributed by atoms with van der Waals surface area (Å²) in [5, 5.41) is 10.6. The van der Waals surface area contributed by atoms with Crippen molar-refractivity contribution in [3.63, 3.8) is 0 Å². The lowest BCUT2D eigenvalue weighted by molar-refractivity contribution is 0.0600. The minimum atomic E-state index is -0.586. The molecule has 1 atom stereocenters. The third kappa shape index (κ3) is 4.28. The maximum atomic E-state index is 11.5. The third-order valence-corrected chi connectivity index (χ3v) is 7.02. The summed E-state index contributed by atoms with van der Waals surface area (Å²) in [4.78, 5) is 12.7. The molecule has 150 valence electrons. The number of hydrogen-bond donors (Lipinski definition) is 1. The average Bonchev–Trinajstić information content (AvgIpc) is 2.69. The van der Waals surface area contributed by atoms with Crippen molar-refractivity contribution in [3.05, 3.63) is 64.7 Å². The fourth-order valence-corrected chi connectivity index (χ4v) is 4.80. The van der Waals surface area contributed by atoms with Crippen LogP contribution in [-0.2, 0) is 15.6 Å². The molecule has 0 aromatic heterocycles. The van der Waals surface area contributed by atoms with Crippen LogP contribution in [0.3, 0.4) is 0 Å². The van der Waals surface area contributed by atoms with Gasteiger partial charge in [0.2, 0.25) is 0 Å². The molecule has 0 bridgehead atoms. The number of fused-ring (bicyclic) bond motifs is 1. The van der Waals surface area contributed by atoms with Crippen LogP contribution in [-0.4, -0.2) is 23.9 Å². The first kappa shape index (κ1) is 20.9. The largest absolute Gasteiger partial charge is 0.465 e. The van der Waals surface area contributed by atoms with Crippen molar-refractivity contribution in [2.24, 2.45) is 0 Å². The summed E-state index contributed by atoms with van der Waals surface area (Å²) in [6.45, 7) is 9.31. The van der Waals surface area contributed by atoms with Gasteiger partial charge < -0.3 is 9.84 Å². The van der Waals surface area contributed by atoms with E-state index in [0.717, 1.165) is 5.56 Å². The first-order chi connectivity index (χ1) is 13.1. The van der Waals surface area contributed by atoms with Crippen LogP contribution in [0.15, 0.2) is 47.4 Å². The minimum Gasteiger partial charge on any atom is -0.465 e. The van der Waals surface area contributed by atoms with E-state index in [4.69, 9.17) is 4.74 Å². The van der Waals surface area contributed by atoms with Gasteiger partial charge in [-0.25, -0.2) is 4.79 Å². The van der Waals surface area contributed by atoms with E-state index in [1.807, 2.05) is 0 Å². The van der Waals surface area contributed by atoms with Gasteiger partial charge in [-0.1, -0.05) is 45.9 Å². The van der Waals surface area contributed by atoms with E-state index in [9.17, 15) is 9.90 Å². The quantitative estimate of drug-likeness (QED) is 0.522. The molecule has 0 amide bonds. The van der Waals surface area contributed by atoms with Crippen molar-refractivity contribution in [1.29, 1.82) is 0 Å². The zero-order chi connectivity index (χ0) is 20.5. The first-order valence-corrected chi connectivity index (χ1v) is 10.8. The fourth-order valence-electron chi connectivity index (χ4n) is 3.89. The lowest BCUT2D eigenvalue weighted by Gasteiger charge is -2.42. The maximum Gasteiger partial charge on any atom is 0.337 e. The predicted molar refractivity (Wildman–Crippen MR) is 115 cm³/mol. The Morgan fingerprint density at radius 2 is 1.64 bits per heavy atom. The summed E-state index contributed by atoms with van der Waals surface area (Å²) in [5.41, 5.74) is 4.58. The Morgan fingerprint density at radius 1 is 1.04 bits per heavy atom. The monoisotopic (exact) mass is 398 g/mol. The summed E-state index contributed by atoms with van der Waals surface area (Å²) in [5.74, 6) is 0.204. The van der Waals surface area contributed by atoms with E-state index < -0.39 is 6.10 Å². The Hall–Kier alpha value is -1.78. The number of carbonyl (C=O) groups excluding carboxylic acids is 1. The third-order valence-electron chi connectivity index (χ3n) is 5.95. The fraction of sp³-hybridized carbons (Fsp3) is 0.458. The summed E-state index contributed by atoms with van der Waals surface area (Å²) in [7, 11) is 1.36. The van der Waals surface area contributed by atoms with Crippen molar-refractivity contribution in [3.8, 4) is 0 Å². The van der Waals surface area contributed by atoms with Gasteiger partial charge in [0.15, 0.2) is 0 Å². The van der Waals surface area contributed by atoms with E-state index in [1.165, 1.54) is 36.0 Å². The molecule has 3 nitrogen and oxygen atoms in total. The van der Waals surface area contributed by atoms with Gasteiger partial charge in [0.1, 0.15) is 0 Å². The van der Waals surface area contributed by atoms with Crippen LogP contribution in [0.25, 0.3) is 0 Å². The Labute approximate surface area is 172 Å². The van der Waals surface area contributed by atoms with E-state index in [1.54, 1.807) is 36.0 Å². The smallest absolute Gasteiger partial charge is 0.337 e. The van der Waals surface area contributed by atoms with Crippen LogP contribution in [0.4, 0.5) is 0 Å². The van der Waals surface area contributed by atoms with Gasteiger partial charge in [-0.15, -0.1) is 11.8 Å². The highest BCUT2D eigenvalue weighted by molar-refractivity contribution is 7.99. The van der Waals surface area contributed by atoms with Crippen LogP contribution in [0.2, 0.25) is 0 Å². The number of aliphatic hydroxyl groups excluding tert-OH is 1. The lowest BCUT2D eigenvalue weighted by Crippen LogP contribution is -2.33. The van der Waals surface area contributed by atoms with E-state index in [-0.39, 0.29) is 16.8 Å². The molecule has 28 heavy (non-hydrogen) atoms. The Morgan fingerprint density at radius 3 is 2.25 bits per heavy atom. The molecule has 0 saturated heterocycles. The number of hydrogen-bond acceptors (Lipinski definition) is 4. The summed E-state index contributed by atoms with van der Waals surface area (Å²) in [6, 6.07) is 13.7. The maximum absolute atomic E-state index is 11.5. The molecule has 0 aliphatic heterocycles. The molecule has 0 radical (unpaired) electrons. The molecular weight excluding hydrogens is 368 g/mol. The molecule has 1 aliphatic rings. The molecule has 3 rings (SSSR count). The summed E-state index contributed by atoms with van der Waals surface area (Å²) < 4.78 is 4.71. The predicted octanol–water partition coefficient (Wildman–Crippen LogP) is 5.65. The average molecular weight is 399 g/mol. The molecule has 0 fully saturated rings. The van der Waals surface area contributed by atoms with Gasteiger partial charge >= 0.3 is 5.97 Å². The topological polar surface area (TPSA) is 46.5 Å². The molecule has 2 aromatic carbocycles. The van der Waals surface area contributed by atoms with E-state index in [2.05, 4.69) is 45.9 Å². The molecule has 0 saturated carbocycles. The van der Waals surface area contributed by atoms with Gasteiger partial charge in [0.05, 0.1) is 18.8 Å². The molecule has 1 aliphatic carbocycles. The number of carbonyl (C=O) groups is 1. The Bertz CT molecular complexity index is 853. The summed E-state index contributed by atoms with van der Waals surface area (Å²) in [6.07, 6.45) is 1.81. The number of aliphatic hydroxyl groups is 1. The van der Waals surface area contributed by atoms with E-state index >= 15 is 0 Å². The molecule has 0 spiro atoms. The zero-order valence-electron chi connectivity index (χ0n) is 17.4. The molecule has 4 heteroatoms. The first-order valence-electron chi connectivity index (χ1n) is 9.78. The van der Waals surface area contributed by atoms with Crippen LogP contribution in [0.5, 0.6) is 0 Å². The molecule has 1 unspecified atom stereocenters. The highest BCUT2D eigenvalue weighted by atomic mass is 32.2. The van der Waals surface area contributed by atoms with Gasteiger partial charge in [0, 0.05) is 10.6 Å². The van der Waals surface area contributed by atoms with Gasteiger partial charge in [-0.05, 0) is 64.6 Å². The highest BCUT2D eigenvalue weighted by Crippen LogP contribution is 2.46. The number of thioether (sulfide) groups is 1. The number of methoxy groups -OCH3 is 1. The van der Waals surface area contributed by atoms with Crippen LogP contribution in [0, 0.1) is 0 Å². The second kappa shape index (κ2) is 7.92. The zero-order valence-corrected chi connectivity index (χ0v) is 18.2. The number of esters is 1. The number of rotatable bonds is 5. The highest BCUT2D eigenvalue weighted by Gasteiger charge is 2.36. The van der Waals surface area contributed by atoms with Crippen LogP contribution >= 0.6 is 11.8 Å². The number of benzene rings is 2. The molecule has 0 heterocycles. The second-order valence-corrected chi connectivity index (χ2v) is 10.0. The van der Waals surface area contributed by atoms with Gasteiger partial charge in [-0.3, -0.25) is 0 Å². The molecule has 1 N–H and O–H groups in total. The second-order valence-electron chi connectivity index (χ2n) is 8.92. The minimum absolute atomic E-state index is 0.184. The standard InChI is InChI=1S/C24H30O3S/c1-23(2)12-13-24(3,4)20-14-18(10-11-19(20)23)28-15-21(25)16-6-8-17(9-7-16)22(26)27-5/h6-11,14,21,25H,12-13,15H2,1-5H3. The van der Waals surface area contributed by atoms with Crippen molar-refractivity contribution < 1.29 is 14.6 Å². The Kier molecular flexibility index (Phi) is 5.92. The van der Waals surface area contributed by atoms with Crippen molar-refractivity contribution in [1.82, 2.24) is 0 Å². The number of ether oxygens (including phenoxy) is 1. The summed E-state index contributed by atoms with van der Waals surface area (Å²) >= 11 is 1.67.